The minimum absolute atomic E-state index is 0.0672. The fourth-order valence-electron chi connectivity index (χ4n) is 3.60. The van der Waals surface area contributed by atoms with Crippen LogP contribution in [0.5, 0.6) is 5.75 Å². The number of morpholine rings is 1. The molecule has 0 amide bonds. The maximum atomic E-state index is 6.50. The predicted octanol–water partition coefficient (Wildman–Crippen LogP) is 1.73. The number of methoxy groups -OCH3 is 1. The van der Waals surface area contributed by atoms with Crippen LogP contribution in [0.4, 0.5) is 0 Å². The summed E-state index contributed by atoms with van der Waals surface area (Å²) in [7, 11) is 1.70. The van der Waals surface area contributed by atoms with Crippen LogP contribution >= 0.6 is 0 Å². The summed E-state index contributed by atoms with van der Waals surface area (Å²) >= 11 is 0. The van der Waals surface area contributed by atoms with E-state index in [1.807, 2.05) is 6.07 Å². The standard InChI is InChI=1S/C16H24N2O2/c1-10-8-18(9-11(2)20-10)15-6-12-4-5-13(19-3)7-14(12)16(15)17/h4-5,7,10-11,15-16H,6,8-9,17H2,1-3H3/t10-,11+,15?,16?. The molecule has 1 fully saturated rings. The average molecular weight is 276 g/mol. The van der Waals surface area contributed by atoms with Crippen LogP contribution in [0.1, 0.15) is 31.0 Å². The van der Waals surface area contributed by atoms with Gasteiger partial charge in [-0.25, -0.2) is 0 Å². The Bertz CT molecular complexity index is 481. The van der Waals surface area contributed by atoms with Crippen molar-refractivity contribution in [1.82, 2.24) is 4.90 Å². The van der Waals surface area contributed by atoms with Gasteiger partial charge in [-0.15, -0.1) is 0 Å². The molecule has 0 spiro atoms. The lowest BCUT2D eigenvalue weighted by atomic mass is 10.1. The highest BCUT2D eigenvalue weighted by atomic mass is 16.5. The van der Waals surface area contributed by atoms with Crippen molar-refractivity contribution in [2.75, 3.05) is 20.2 Å². The number of nitrogens with two attached hydrogens (primary N) is 1. The quantitative estimate of drug-likeness (QED) is 0.893. The first-order valence-electron chi connectivity index (χ1n) is 7.40. The Morgan fingerprint density at radius 2 is 1.95 bits per heavy atom. The van der Waals surface area contributed by atoms with Gasteiger partial charge in [0.05, 0.1) is 19.3 Å². The fraction of sp³-hybridized carbons (Fsp3) is 0.625. The molecule has 4 heteroatoms. The lowest BCUT2D eigenvalue weighted by Crippen LogP contribution is -2.52. The lowest BCUT2D eigenvalue weighted by molar-refractivity contribution is -0.0818. The number of benzene rings is 1. The molecule has 1 aromatic carbocycles. The summed E-state index contributed by atoms with van der Waals surface area (Å²) in [6.07, 6.45) is 1.59. The lowest BCUT2D eigenvalue weighted by Gasteiger charge is -2.40. The van der Waals surface area contributed by atoms with E-state index in [-0.39, 0.29) is 18.2 Å². The number of nitrogens with zero attached hydrogens (tertiary/aromatic N) is 1. The smallest absolute Gasteiger partial charge is 0.119 e. The van der Waals surface area contributed by atoms with Gasteiger partial charge in [0.1, 0.15) is 5.75 Å². The summed E-state index contributed by atoms with van der Waals surface area (Å²) in [6, 6.07) is 6.72. The van der Waals surface area contributed by atoms with Crippen molar-refractivity contribution in [3.63, 3.8) is 0 Å². The molecular weight excluding hydrogens is 252 g/mol. The highest BCUT2D eigenvalue weighted by Gasteiger charge is 2.37. The summed E-state index contributed by atoms with van der Waals surface area (Å²) in [6.45, 7) is 6.21. The van der Waals surface area contributed by atoms with Crippen molar-refractivity contribution in [2.45, 2.75) is 44.6 Å². The highest BCUT2D eigenvalue weighted by Crippen LogP contribution is 2.36. The first kappa shape index (κ1) is 13.9. The van der Waals surface area contributed by atoms with E-state index in [2.05, 4.69) is 30.9 Å². The van der Waals surface area contributed by atoms with Crippen molar-refractivity contribution in [2.24, 2.45) is 5.73 Å². The summed E-state index contributed by atoms with van der Waals surface area (Å²) in [5.41, 5.74) is 9.09. The maximum absolute atomic E-state index is 6.50. The molecule has 4 nitrogen and oxygen atoms in total. The Labute approximate surface area is 120 Å². The Balaban J connectivity index is 1.80. The molecule has 1 aliphatic carbocycles. The van der Waals surface area contributed by atoms with Crippen molar-refractivity contribution >= 4 is 0 Å². The SMILES string of the molecule is COc1ccc2c(c1)C(N)C(N1C[C@@H](C)O[C@@H](C)C1)C2. The van der Waals surface area contributed by atoms with E-state index < -0.39 is 0 Å². The Morgan fingerprint density at radius 3 is 2.60 bits per heavy atom. The van der Waals surface area contributed by atoms with E-state index in [0.29, 0.717) is 6.04 Å². The number of hydrogen-bond acceptors (Lipinski definition) is 4. The second-order valence-corrected chi connectivity index (χ2v) is 6.07. The summed E-state index contributed by atoms with van der Waals surface area (Å²) in [4.78, 5) is 2.50. The van der Waals surface area contributed by atoms with Gasteiger partial charge in [-0.3, -0.25) is 4.90 Å². The zero-order chi connectivity index (χ0) is 14.3. The van der Waals surface area contributed by atoms with Crippen LogP contribution in [-0.2, 0) is 11.2 Å². The molecule has 1 heterocycles. The molecule has 2 N–H and O–H groups in total. The summed E-state index contributed by atoms with van der Waals surface area (Å²) < 4.78 is 11.1. The Morgan fingerprint density at radius 1 is 1.25 bits per heavy atom. The molecule has 0 saturated carbocycles. The minimum atomic E-state index is 0.0672. The number of ether oxygens (including phenoxy) is 2. The van der Waals surface area contributed by atoms with E-state index in [1.165, 1.54) is 11.1 Å². The van der Waals surface area contributed by atoms with Gasteiger partial charge in [-0.05, 0) is 43.5 Å². The van der Waals surface area contributed by atoms with E-state index in [0.717, 1.165) is 25.3 Å². The normalized spacial score (nSPS) is 34.0. The van der Waals surface area contributed by atoms with Gasteiger partial charge >= 0.3 is 0 Å². The van der Waals surface area contributed by atoms with E-state index in [4.69, 9.17) is 15.2 Å². The third-order valence-electron chi connectivity index (χ3n) is 4.47. The topological polar surface area (TPSA) is 47.7 Å². The molecule has 110 valence electrons. The third-order valence-corrected chi connectivity index (χ3v) is 4.47. The van der Waals surface area contributed by atoms with E-state index in [1.54, 1.807) is 7.11 Å². The third kappa shape index (κ3) is 2.43. The Hall–Kier alpha value is -1.10. The molecule has 1 aromatic rings. The highest BCUT2D eigenvalue weighted by molar-refractivity contribution is 5.42. The van der Waals surface area contributed by atoms with Crippen LogP contribution < -0.4 is 10.5 Å². The molecule has 0 radical (unpaired) electrons. The van der Waals surface area contributed by atoms with Gasteiger partial charge in [-0.1, -0.05) is 6.07 Å². The largest absolute Gasteiger partial charge is 0.497 e. The van der Waals surface area contributed by atoms with Crippen molar-refractivity contribution < 1.29 is 9.47 Å². The molecule has 2 aliphatic rings. The van der Waals surface area contributed by atoms with Gasteiger partial charge < -0.3 is 15.2 Å². The molecule has 2 unspecified atom stereocenters. The van der Waals surface area contributed by atoms with Crippen molar-refractivity contribution in [1.29, 1.82) is 0 Å². The maximum Gasteiger partial charge on any atom is 0.119 e. The van der Waals surface area contributed by atoms with Crippen LogP contribution in [0, 0.1) is 0 Å². The van der Waals surface area contributed by atoms with Crippen molar-refractivity contribution in [3.05, 3.63) is 29.3 Å². The van der Waals surface area contributed by atoms with Crippen molar-refractivity contribution in [3.8, 4) is 5.75 Å². The molecule has 0 aromatic heterocycles. The van der Waals surface area contributed by atoms with E-state index >= 15 is 0 Å². The average Bonchev–Trinajstić information content (AvgIpc) is 2.74. The van der Waals surface area contributed by atoms with Gasteiger partial charge in [0.2, 0.25) is 0 Å². The van der Waals surface area contributed by atoms with Crippen LogP contribution in [-0.4, -0.2) is 43.3 Å². The number of fused-ring (bicyclic) bond motifs is 1. The molecule has 4 atom stereocenters. The number of hydrogen-bond donors (Lipinski definition) is 1. The molecule has 0 bridgehead atoms. The van der Waals surface area contributed by atoms with E-state index in [9.17, 15) is 0 Å². The molecule has 3 rings (SSSR count). The molecule has 1 saturated heterocycles. The monoisotopic (exact) mass is 276 g/mol. The van der Waals surface area contributed by atoms with Crippen LogP contribution in [0.15, 0.2) is 18.2 Å². The molecular formula is C16H24N2O2. The Kier molecular flexibility index (Phi) is 3.71. The second kappa shape index (κ2) is 5.35. The second-order valence-electron chi connectivity index (χ2n) is 6.07. The molecule has 20 heavy (non-hydrogen) atoms. The van der Waals surface area contributed by atoms with Crippen LogP contribution in [0.3, 0.4) is 0 Å². The fourth-order valence-corrected chi connectivity index (χ4v) is 3.60. The predicted molar refractivity (Wildman–Crippen MR) is 79.0 cm³/mol. The first-order valence-corrected chi connectivity index (χ1v) is 7.40. The van der Waals surface area contributed by atoms with Crippen LogP contribution in [0.25, 0.3) is 0 Å². The molecule has 1 aliphatic heterocycles. The van der Waals surface area contributed by atoms with Crippen LogP contribution in [0.2, 0.25) is 0 Å². The van der Waals surface area contributed by atoms with Gasteiger partial charge in [0.25, 0.3) is 0 Å². The van der Waals surface area contributed by atoms with Gasteiger partial charge in [-0.2, -0.15) is 0 Å². The van der Waals surface area contributed by atoms with Gasteiger partial charge in [0, 0.05) is 25.2 Å². The zero-order valence-electron chi connectivity index (χ0n) is 12.5. The summed E-state index contributed by atoms with van der Waals surface area (Å²) in [5, 5.41) is 0. The number of rotatable bonds is 2. The minimum Gasteiger partial charge on any atom is -0.497 e. The first-order chi connectivity index (χ1) is 9.58. The van der Waals surface area contributed by atoms with Gasteiger partial charge in [0.15, 0.2) is 0 Å². The zero-order valence-corrected chi connectivity index (χ0v) is 12.5. The summed E-state index contributed by atoms with van der Waals surface area (Å²) in [5.74, 6) is 0.892.